The Labute approximate surface area is 199 Å². The molecule has 1 fully saturated rings. The fraction of sp³-hybridized carbons (Fsp3) is 0.333. The second-order valence-corrected chi connectivity index (χ2v) is 9.03. The van der Waals surface area contributed by atoms with Crippen molar-refractivity contribution in [1.29, 1.82) is 5.26 Å². The standard InChI is InChI=1S/C27H28N6O/c1-19(2)27(34)33-15-14-32(16-21(33)10-12-28)26-23-11-13-31(17-24(23)29-18-30-26)25-9-5-7-20-6-3-4-8-22(20)25/h3-9,18,21H,1,10-11,13-17H2,2H3/t21-/m0/s1. The number of aromatic nitrogens is 2. The van der Waals surface area contributed by atoms with Gasteiger partial charge in [-0.15, -0.1) is 0 Å². The number of fused-ring (bicyclic) bond motifs is 2. The van der Waals surface area contributed by atoms with E-state index in [1.165, 1.54) is 22.0 Å². The highest BCUT2D eigenvalue weighted by Crippen LogP contribution is 2.33. The van der Waals surface area contributed by atoms with Gasteiger partial charge >= 0.3 is 0 Å². The summed E-state index contributed by atoms with van der Waals surface area (Å²) >= 11 is 0. The number of anilines is 2. The molecule has 2 aliphatic heterocycles. The van der Waals surface area contributed by atoms with Crippen molar-refractivity contribution in [3.8, 4) is 6.07 Å². The van der Waals surface area contributed by atoms with Crippen molar-refractivity contribution in [2.45, 2.75) is 32.4 Å². The molecule has 3 aromatic rings. The molecule has 0 unspecified atom stereocenters. The molecule has 5 rings (SSSR count). The van der Waals surface area contributed by atoms with Crippen LogP contribution in [0.2, 0.25) is 0 Å². The number of piperazine rings is 1. The maximum absolute atomic E-state index is 12.6. The lowest BCUT2D eigenvalue weighted by Gasteiger charge is -2.42. The molecule has 3 heterocycles. The van der Waals surface area contributed by atoms with Gasteiger partial charge in [-0.05, 0) is 24.8 Å². The van der Waals surface area contributed by atoms with Gasteiger partial charge in [-0.25, -0.2) is 9.97 Å². The molecule has 1 atom stereocenters. The molecule has 7 heteroatoms. The first-order valence-corrected chi connectivity index (χ1v) is 11.7. The molecule has 1 amide bonds. The van der Waals surface area contributed by atoms with Crippen molar-refractivity contribution in [3.63, 3.8) is 0 Å². The molecule has 1 saturated heterocycles. The van der Waals surface area contributed by atoms with Crippen molar-refractivity contribution < 1.29 is 4.79 Å². The summed E-state index contributed by atoms with van der Waals surface area (Å²) in [5.74, 6) is 0.864. The zero-order valence-electron chi connectivity index (χ0n) is 19.4. The second kappa shape index (κ2) is 9.14. The first-order valence-electron chi connectivity index (χ1n) is 11.7. The summed E-state index contributed by atoms with van der Waals surface area (Å²) < 4.78 is 0. The second-order valence-electron chi connectivity index (χ2n) is 9.03. The summed E-state index contributed by atoms with van der Waals surface area (Å²) in [5, 5.41) is 11.8. The summed E-state index contributed by atoms with van der Waals surface area (Å²) in [5.41, 5.74) is 3.95. The third-order valence-electron chi connectivity index (χ3n) is 6.83. The maximum atomic E-state index is 12.6. The van der Waals surface area contributed by atoms with Crippen LogP contribution in [-0.2, 0) is 17.8 Å². The maximum Gasteiger partial charge on any atom is 0.249 e. The Balaban J connectivity index is 1.40. The highest BCUT2D eigenvalue weighted by atomic mass is 16.2. The van der Waals surface area contributed by atoms with Crippen LogP contribution >= 0.6 is 0 Å². The van der Waals surface area contributed by atoms with Gasteiger partial charge in [-0.2, -0.15) is 5.26 Å². The number of amides is 1. The van der Waals surface area contributed by atoms with Crippen LogP contribution in [0.1, 0.15) is 24.6 Å². The number of hydrogen-bond donors (Lipinski definition) is 0. The number of benzene rings is 2. The lowest BCUT2D eigenvalue weighted by atomic mass is 10.0. The van der Waals surface area contributed by atoms with E-state index in [-0.39, 0.29) is 18.4 Å². The molecular weight excluding hydrogens is 424 g/mol. The van der Waals surface area contributed by atoms with E-state index in [0.717, 1.165) is 31.0 Å². The first kappa shape index (κ1) is 21.9. The van der Waals surface area contributed by atoms with Crippen molar-refractivity contribution in [2.75, 3.05) is 36.0 Å². The Hall–Kier alpha value is -3.92. The Bertz CT molecular complexity index is 1290. The van der Waals surface area contributed by atoms with Gasteiger partial charge in [-0.3, -0.25) is 4.79 Å². The van der Waals surface area contributed by atoms with Crippen molar-refractivity contribution in [3.05, 3.63) is 72.2 Å². The average Bonchev–Trinajstić information content (AvgIpc) is 2.87. The van der Waals surface area contributed by atoms with E-state index in [4.69, 9.17) is 0 Å². The number of nitriles is 1. The van der Waals surface area contributed by atoms with E-state index < -0.39 is 0 Å². The number of rotatable bonds is 4. The van der Waals surface area contributed by atoms with E-state index in [1.54, 1.807) is 18.2 Å². The third kappa shape index (κ3) is 3.96. The van der Waals surface area contributed by atoms with Crippen LogP contribution in [0.4, 0.5) is 11.5 Å². The monoisotopic (exact) mass is 452 g/mol. The zero-order valence-corrected chi connectivity index (χ0v) is 19.4. The predicted molar refractivity (Wildman–Crippen MR) is 133 cm³/mol. The quantitative estimate of drug-likeness (QED) is 0.562. The number of nitrogens with zero attached hydrogens (tertiary/aromatic N) is 6. The highest BCUT2D eigenvalue weighted by Gasteiger charge is 2.33. The van der Waals surface area contributed by atoms with Gasteiger partial charge < -0.3 is 14.7 Å². The molecule has 2 aromatic carbocycles. The molecule has 0 saturated carbocycles. The number of carbonyl (C=O) groups is 1. The van der Waals surface area contributed by atoms with E-state index >= 15 is 0 Å². The molecule has 172 valence electrons. The van der Waals surface area contributed by atoms with Gasteiger partial charge in [0, 0.05) is 48.4 Å². The lowest BCUT2D eigenvalue weighted by Crippen LogP contribution is -2.55. The Kier molecular flexibility index (Phi) is 5.89. The molecule has 0 radical (unpaired) electrons. The molecule has 0 N–H and O–H groups in total. The molecule has 0 spiro atoms. The number of hydrogen-bond acceptors (Lipinski definition) is 6. The molecule has 2 aliphatic rings. The van der Waals surface area contributed by atoms with Crippen molar-refractivity contribution in [2.24, 2.45) is 0 Å². The van der Waals surface area contributed by atoms with E-state index in [9.17, 15) is 10.1 Å². The Morgan fingerprint density at radius 2 is 1.94 bits per heavy atom. The summed E-state index contributed by atoms with van der Waals surface area (Å²) in [6, 6.07) is 17.0. The summed E-state index contributed by atoms with van der Waals surface area (Å²) in [6.45, 7) is 8.96. The first-order chi connectivity index (χ1) is 16.6. The largest absolute Gasteiger partial charge is 0.365 e. The highest BCUT2D eigenvalue weighted by molar-refractivity contribution is 5.94. The van der Waals surface area contributed by atoms with Crippen molar-refractivity contribution >= 4 is 28.2 Å². The molecule has 0 aliphatic carbocycles. The van der Waals surface area contributed by atoms with Crippen LogP contribution < -0.4 is 9.80 Å². The third-order valence-corrected chi connectivity index (χ3v) is 6.83. The van der Waals surface area contributed by atoms with Gasteiger partial charge in [0.15, 0.2) is 0 Å². The van der Waals surface area contributed by atoms with Gasteiger partial charge in [-0.1, -0.05) is 43.0 Å². The van der Waals surface area contributed by atoms with Crippen molar-refractivity contribution in [1.82, 2.24) is 14.9 Å². The fourth-order valence-corrected chi connectivity index (χ4v) is 5.14. The van der Waals surface area contributed by atoms with Crippen LogP contribution in [0.25, 0.3) is 10.8 Å². The van der Waals surface area contributed by atoms with Gasteiger partial charge in [0.2, 0.25) is 5.91 Å². The minimum atomic E-state index is -0.177. The molecule has 34 heavy (non-hydrogen) atoms. The van der Waals surface area contributed by atoms with Crippen LogP contribution in [-0.4, -0.2) is 53.0 Å². The Morgan fingerprint density at radius 3 is 2.76 bits per heavy atom. The van der Waals surface area contributed by atoms with E-state index in [0.29, 0.717) is 25.2 Å². The number of carbonyl (C=O) groups excluding carboxylic acids is 1. The molecule has 1 aromatic heterocycles. The minimum Gasteiger partial charge on any atom is -0.365 e. The van der Waals surface area contributed by atoms with E-state index in [1.807, 2.05) is 0 Å². The fourth-order valence-electron chi connectivity index (χ4n) is 5.14. The van der Waals surface area contributed by atoms with Gasteiger partial charge in [0.1, 0.15) is 12.1 Å². The minimum absolute atomic E-state index is 0.0738. The average molecular weight is 453 g/mol. The molecule has 7 nitrogen and oxygen atoms in total. The summed E-state index contributed by atoms with van der Waals surface area (Å²) in [4.78, 5) is 28.3. The zero-order chi connectivity index (χ0) is 23.7. The predicted octanol–water partition coefficient (Wildman–Crippen LogP) is 3.70. The van der Waals surface area contributed by atoms with Crippen LogP contribution in [0, 0.1) is 11.3 Å². The SMILES string of the molecule is C=C(C)C(=O)N1CCN(c2ncnc3c2CCN(c2cccc4ccccc24)C3)C[C@@H]1CC#N. The molecular formula is C27H28N6O. The lowest BCUT2D eigenvalue weighted by molar-refractivity contribution is -0.129. The Morgan fingerprint density at radius 1 is 1.12 bits per heavy atom. The van der Waals surface area contributed by atoms with Crippen LogP contribution in [0.15, 0.2) is 60.9 Å². The normalized spacial score (nSPS) is 17.9. The summed E-state index contributed by atoms with van der Waals surface area (Å²) in [6.07, 6.45) is 2.78. The molecule has 0 bridgehead atoms. The van der Waals surface area contributed by atoms with Crippen LogP contribution in [0.5, 0.6) is 0 Å². The van der Waals surface area contributed by atoms with Crippen LogP contribution in [0.3, 0.4) is 0 Å². The smallest absolute Gasteiger partial charge is 0.249 e. The van der Waals surface area contributed by atoms with Gasteiger partial charge in [0.05, 0.1) is 30.8 Å². The van der Waals surface area contributed by atoms with E-state index in [2.05, 4.69) is 74.9 Å². The summed E-state index contributed by atoms with van der Waals surface area (Å²) in [7, 11) is 0. The van der Waals surface area contributed by atoms with Gasteiger partial charge in [0.25, 0.3) is 0 Å². The topological polar surface area (TPSA) is 76.4 Å².